The standard InChI is InChI=1S/C13H14FNO4/c14-10-7-8(13(17)18)1-4-11(10)19-6-5-12(16)15-9-2-3-9/h1,4,7,9H,2-3,5-6H2,(H,15,16)(H,17,18). The SMILES string of the molecule is O=C(CCOc1ccc(C(=O)O)cc1F)NC1CC1. The van der Waals surface area contributed by atoms with Crippen molar-refractivity contribution >= 4 is 11.9 Å². The summed E-state index contributed by atoms with van der Waals surface area (Å²) in [6, 6.07) is 3.68. The molecule has 0 bridgehead atoms. The zero-order valence-electron chi connectivity index (χ0n) is 10.2. The minimum absolute atomic E-state index is 0.0516. The van der Waals surface area contributed by atoms with E-state index in [2.05, 4.69) is 5.32 Å². The molecule has 0 radical (unpaired) electrons. The molecule has 0 atom stereocenters. The maximum Gasteiger partial charge on any atom is 0.335 e. The lowest BCUT2D eigenvalue weighted by molar-refractivity contribution is -0.121. The number of carboxylic acids is 1. The quantitative estimate of drug-likeness (QED) is 0.820. The zero-order chi connectivity index (χ0) is 13.8. The molecule has 2 N–H and O–H groups in total. The average molecular weight is 267 g/mol. The fourth-order valence-electron chi connectivity index (χ4n) is 1.53. The number of hydrogen-bond donors (Lipinski definition) is 2. The number of aromatic carboxylic acids is 1. The van der Waals surface area contributed by atoms with Crippen LogP contribution in [0, 0.1) is 5.82 Å². The molecule has 19 heavy (non-hydrogen) atoms. The van der Waals surface area contributed by atoms with Crippen LogP contribution in [-0.4, -0.2) is 29.6 Å². The monoisotopic (exact) mass is 267 g/mol. The molecule has 0 spiro atoms. The van der Waals surface area contributed by atoms with Crippen LogP contribution in [0.15, 0.2) is 18.2 Å². The number of hydrogen-bond acceptors (Lipinski definition) is 3. The molecule has 0 heterocycles. The molecule has 1 amide bonds. The van der Waals surface area contributed by atoms with Gasteiger partial charge in [0.2, 0.25) is 5.91 Å². The number of carboxylic acid groups (broad SMARTS) is 1. The fraction of sp³-hybridized carbons (Fsp3) is 0.385. The van der Waals surface area contributed by atoms with E-state index in [1.54, 1.807) is 0 Å². The summed E-state index contributed by atoms with van der Waals surface area (Å²) < 4.78 is 18.6. The van der Waals surface area contributed by atoms with Gasteiger partial charge in [-0.15, -0.1) is 0 Å². The van der Waals surface area contributed by atoms with E-state index in [1.807, 2.05) is 0 Å². The van der Waals surface area contributed by atoms with Crippen molar-refractivity contribution in [1.82, 2.24) is 5.32 Å². The summed E-state index contributed by atoms with van der Waals surface area (Å²) in [5.74, 6) is -2.12. The molecular formula is C13H14FNO4. The number of carbonyl (C=O) groups excluding carboxylic acids is 1. The van der Waals surface area contributed by atoms with Gasteiger partial charge in [-0.3, -0.25) is 4.79 Å². The van der Waals surface area contributed by atoms with Crippen LogP contribution in [-0.2, 0) is 4.79 Å². The first kappa shape index (κ1) is 13.3. The second-order valence-corrected chi connectivity index (χ2v) is 4.39. The Morgan fingerprint density at radius 2 is 2.16 bits per heavy atom. The maximum absolute atomic E-state index is 13.5. The van der Waals surface area contributed by atoms with Crippen molar-refractivity contribution in [1.29, 1.82) is 0 Å². The Morgan fingerprint density at radius 1 is 1.42 bits per heavy atom. The maximum atomic E-state index is 13.5. The summed E-state index contributed by atoms with van der Waals surface area (Å²) in [6.07, 6.45) is 2.17. The minimum Gasteiger partial charge on any atom is -0.490 e. The number of ether oxygens (including phenoxy) is 1. The second kappa shape index (κ2) is 5.69. The first-order valence-corrected chi connectivity index (χ1v) is 6.01. The van der Waals surface area contributed by atoms with Crippen LogP contribution < -0.4 is 10.1 Å². The minimum atomic E-state index is -1.20. The van der Waals surface area contributed by atoms with E-state index in [0.29, 0.717) is 6.04 Å². The molecule has 0 aromatic heterocycles. The normalized spacial score (nSPS) is 13.9. The molecule has 1 aromatic rings. The van der Waals surface area contributed by atoms with Gasteiger partial charge in [0, 0.05) is 6.04 Å². The van der Waals surface area contributed by atoms with E-state index in [0.717, 1.165) is 18.9 Å². The molecule has 6 heteroatoms. The summed E-state index contributed by atoms with van der Waals surface area (Å²) in [5, 5.41) is 11.5. The van der Waals surface area contributed by atoms with Gasteiger partial charge in [-0.2, -0.15) is 0 Å². The molecule has 0 aliphatic heterocycles. The Bertz CT molecular complexity index is 499. The molecule has 5 nitrogen and oxygen atoms in total. The summed E-state index contributed by atoms with van der Waals surface area (Å²) in [7, 11) is 0. The molecule has 0 unspecified atom stereocenters. The molecule has 1 aromatic carbocycles. The predicted molar refractivity (Wildman–Crippen MR) is 64.6 cm³/mol. The van der Waals surface area contributed by atoms with Crippen LogP contribution in [0.4, 0.5) is 4.39 Å². The lowest BCUT2D eigenvalue weighted by Crippen LogP contribution is -2.26. The van der Waals surface area contributed by atoms with Crippen LogP contribution in [0.5, 0.6) is 5.75 Å². The van der Waals surface area contributed by atoms with Crippen molar-refractivity contribution in [3.05, 3.63) is 29.6 Å². The summed E-state index contributed by atoms with van der Waals surface area (Å²) >= 11 is 0. The summed E-state index contributed by atoms with van der Waals surface area (Å²) in [6.45, 7) is 0.0574. The van der Waals surface area contributed by atoms with Crippen molar-refractivity contribution in [2.24, 2.45) is 0 Å². The topological polar surface area (TPSA) is 75.6 Å². The van der Waals surface area contributed by atoms with Gasteiger partial charge in [-0.25, -0.2) is 9.18 Å². The van der Waals surface area contributed by atoms with Gasteiger partial charge in [0.1, 0.15) is 0 Å². The highest BCUT2D eigenvalue weighted by Gasteiger charge is 2.22. The van der Waals surface area contributed by atoms with Crippen molar-refractivity contribution in [2.75, 3.05) is 6.61 Å². The predicted octanol–water partition coefficient (Wildman–Crippen LogP) is 1.57. The Labute approximate surface area is 109 Å². The van der Waals surface area contributed by atoms with Crippen molar-refractivity contribution in [3.63, 3.8) is 0 Å². The third kappa shape index (κ3) is 3.94. The Kier molecular flexibility index (Phi) is 3.99. The fourth-order valence-corrected chi connectivity index (χ4v) is 1.53. The lowest BCUT2D eigenvalue weighted by Gasteiger charge is -2.08. The zero-order valence-corrected chi connectivity index (χ0v) is 10.2. The average Bonchev–Trinajstić information content (AvgIpc) is 3.14. The van der Waals surface area contributed by atoms with Crippen LogP contribution in [0.1, 0.15) is 29.6 Å². The van der Waals surface area contributed by atoms with Gasteiger partial charge in [-0.05, 0) is 31.0 Å². The number of benzene rings is 1. The van der Waals surface area contributed by atoms with E-state index in [9.17, 15) is 14.0 Å². The van der Waals surface area contributed by atoms with Gasteiger partial charge >= 0.3 is 5.97 Å². The van der Waals surface area contributed by atoms with Crippen LogP contribution in [0.3, 0.4) is 0 Å². The highest BCUT2D eigenvalue weighted by molar-refractivity contribution is 5.87. The summed E-state index contributed by atoms with van der Waals surface area (Å²) in [5.41, 5.74) is -0.142. The Balaban J connectivity index is 1.81. The van der Waals surface area contributed by atoms with Gasteiger partial charge in [0.05, 0.1) is 18.6 Å². The number of halogens is 1. The smallest absolute Gasteiger partial charge is 0.335 e. The molecule has 1 aliphatic rings. The number of carbonyl (C=O) groups is 2. The third-order valence-corrected chi connectivity index (χ3v) is 2.71. The largest absolute Gasteiger partial charge is 0.490 e. The first-order chi connectivity index (χ1) is 9.06. The van der Waals surface area contributed by atoms with Gasteiger partial charge < -0.3 is 15.2 Å². The summed E-state index contributed by atoms with van der Waals surface area (Å²) in [4.78, 5) is 22.0. The molecule has 2 rings (SSSR count). The number of amides is 1. The Hall–Kier alpha value is -2.11. The Morgan fingerprint density at radius 3 is 2.74 bits per heavy atom. The highest BCUT2D eigenvalue weighted by atomic mass is 19.1. The first-order valence-electron chi connectivity index (χ1n) is 6.01. The van der Waals surface area contributed by atoms with Crippen LogP contribution in [0.2, 0.25) is 0 Å². The molecule has 1 fully saturated rings. The molecule has 102 valence electrons. The third-order valence-electron chi connectivity index (χ3n) is 2.71. The van der Waals surface area contributed by atoms with Gasteiger partial charge in [0.15, 0.2) is 11.6 Å². The van der Waals surface area contributed by atoms with Crippen molar-refractivity contribution in [2.45, 2.75) is 25.3 Å². The van der Waals surface area contributed by atoms with Gasteiger partial charge in [-0.1, -0.05) is 0 Å². The van der Waals surface area contributed by atoms with Gasteiger partial charge in [0.25, 0.3) is 0 Å². The van der Waals surface area contributed by atoms with Crippen molar-refractivity contribution < 1.29 is 23.8 Å². The number of rotatable bonds is 6. The second-order valence-electron chi connectivity index (χ2n) is 4.39. The van der Waals surface area contributed by atoms with Crippen molar-refractivity contribution in [3.8, 4) is 5.75 Å². The number of nitrogens with one attached hydrogen (secondary N) is 1. The molecular weight excluding hydrogens is 253 g/mol. The van der Waals surface area contributed by atoms with E-state index >= 15 is 0 Å². The van der Waals surface area contributed by atoms with E-state index < -0.39 is 11.8 Å². The molecule has 1 aliphatic carbocycles. The molecule has 0 saturated heterocycles. The van der Waals surface area contributed by atoms with E-state index in [1.165, 1.54) is 12.1 Å². The highest BCUT2D eigenvalue weighted by Crippen LogP contribution is 2.20. The van der Waals surface area contributed by atoms with E-state index in [-0.39, 0.29) is 30.2 Å². The van der Waals surface area contributed by atoms with Crippen LogP contribution in [0.25, 0.3) is 0 Å². The lowest BCUT2D eigenvalue weighted by atomic mass is 10.2. The molecule has 1 saturated carbocycles. The van der Waals surface area contributed by atoms with E-state index in [4.69, 9.17) is 9.84 Å². The van der Waals surface area contributed by atoms with Crippen LogP contribution >= 0.6 is 0 Å².